The lowest BCUT2D eigenvalue weighted by atomic mass is 10.0. The van der Waals surface area contributed by atoms with Crippen molar-refractivity contribution < 1.29 is 19.4 Å². The molecule has 1 aliphatic heterocycles. The number of hydrogen-bond donors (Lipinski definition) is 3. The van der Waals surface area contributed by atoms with E-state index in [9.17, 15) is 9.59 Å². The maximum atomic E-state index is 11.3. The van der Waals surface area contributed by atoms with Crippen molar-refractivity contribution in [3.63, 3.8) is 0 Å². The summed E-state index contributed by atoms with van der Waals surface area (Å²) in [4.78, 5) is 21.8. The number of carbonyl (C=O) groups excluding carboxylic acids is 1. The molecule has 1 heterocycles. The fourth-order valence-corrected chi connectivity index (χ4v) is 1.22. The largest absolute Gasteiger partial charge is 0.481 e. The maximum absolute atomic E-state index is 11.3. The Morgan fingerprint density at radius 2 is 2.19 bits per heavy atom. The van der Waals surface area contributed by atoms with Crippen LogP contribution in [-0.4, -0.2) is 48.8 Å². The molecule has 6 heteroatoms. The summed E-state index contributed by atoms with van der Waals surface area (Å²) in [6.07, 6.45) is 0. The molecule has 92 valence electrons. The second kappa shape index (κ2) is 5.27. The monoisotopic (exact) mass is 230 g/mol. The first-order chi connectivity index (χ1) is 7.43. The van der Waals surface area contributed by atoms with E-state index in [2.05, 4.69) is 10.6 Å². The highest BCUT2D eigenvalue weighted by atomic mass is 16.5. The fourth-order valence-electron chi connectivity index (χ4n) is 1.22. The van der Waals surface area contributed by atoms with Gasteiger partial charge in [-0.3, -0.25) is 9.59 Å². The van der Waals surface area contributed by atoms with Gasteiger partial charge in [0, 0.05) is 19.6 Å². The smallest absolute Gasteiger partial charge is 0.308 e. The predicted molar refractivity (Wildman–Crippen MR) is 57.0 cm³/mol. The van der Waals surface area contributed by atoms with E-state index in [-0.39, 0.29) is 24.7 Å². The molecule has 0 aromatic carbocycles. The lowest BCUT2D eigenvalue weighted by Crippen LogP contribution is -2.59. The van der Waals surface area contributed by atoms with E-state index < -0.39 is 11.9 Å². The SMILES string of the molecule is CC(CNC(=O)COC1(C)CNC1)C(=O)O. The van der Waals surface area contributed by atoms with Crippen molar-refractivity contribution in [2.45, 2.75) is 19.4 Å². The Morgan fingerprint density at radius 3 is 2.62 bits per heavy atom. The number of hydrogen-bond acceptors (Lipinski definition) is 4. The summed E-state index contributed by atoms with van der Waals surface area (Å²) < 4.78 is 5.40. The molecule has 1 fully saturated rings. The van der Waals surface area contributed by atoms with Gasteiger partial charge < -0.3 is 20.5 Å². The van der Waals surface area contributed by atoms with Gasteiger partial charge in [-0.25, -0.2) is 0 Å². The summed E-state index contributed by atoms with van der Waals surface area (Å²) in [6.45, 7) is 5.06. The van der Waals surface area contributed by atoms with Crippen molar-refractivity contribution in [2.24, 2.45) is 5.92 Å². The summed E-state index contributed by atoms with van der Waals surface area (Å²) in [6, 6.07) is 0. The Kier molecular flexibility index (Phi) is 4.26. The third-order valence-electron chi connectivity index (χ3n) is 2.58. The van der Waals surface area contributed by atoms with Gasteiger partial charge in [0.15, 0.2) is 0 Å². The zero-order valence-corrected chi connectivity index (χ0v) is 9.58. The molecule has 1 saturated heterocycles. The first-order valence-corrected chi connectivity index (χ1v) is 5.27. The average molecular weight is 230 g/mol. The van der Waals surface area contributed by atoms with Crippen molar-refractivity contribution >= 4 is 11.9 Å². The number of carbonyl (C=O) groups is 2. The van der Waals surface area contributed by atoms with Crippen molar-refractivity contribution in [2.75, 3.05) is 26.2 Å². The maximum Gasteiger partial charge on any atom is 0.308 e. The zero-order valence-electron chi connectivity index (χ0n) is 9.58. The highest BCUT2D eigenvalue weighted by Gasteiger charge is 2.32. The van der Waals surface area contributed by atoms with Crippen LogP contribution in [0.1, 0.15) is 13.8 Å². The van der Waals surface area contributed by atoms with E-state index in [0.29, 0.717) is 0 Å². The van der Waals surface area contributed by atoms with E-state index in [1.165, 1.54) is 0 Å². The molecule has 0 spiro atoms. The van der Waals surface area contributed by atoms with Crippen LogP contribution in [0, 0.1) is 5.92 Å². The van der Waals surface area contributed by atoms with Gasteiger partial charge in [-0.15, -0.1) is 0 Å². The van der Waals surface area contributed by atoms with Crippen molar-refractivity contribution in [1.82, 2.24) is 10.6 Å². The minimum absolute atomic E-state index is 0.0233. The molecule has 0 aliphatic carbocycles. The van der Waals surface area contributed by atoms with Gasteiger partial charge in [0.1, 0.15) is 6.61 Å². The number of carboxylic acids is 1. The van der Waals surface area contributed by atoms with Crippen LogP contribution in [0.4, 0.5) is 0 Å². The lowest BCUT2D eigenvalue weighted by Gasteiger charge is -2.38. The van der Waals surface area contributed by atoms with E-state index in [1.807, 2.05) is 6.92 Å². The molecule has 1 atom stereocenters. The van der Waals surface area contributed by atoms with Crippen LogP contribution in [0.15, 0.2) is 0 Å². The topological polar surface area (TPSA) is 87.7 Å². The van der Waals surface area contributed by atoms with Gasteiger partial charge in [0.25, 0.3) is 0 Å². The molecular weight excluding hydrogens is 212 g/mol. The number of ether oxygens (including phenoxy) is 1. The van der Waals surface area contributed by atoms with Crippen LogP contribution in [-0.2, 0) is 14.3 Å². The molecule has 0 aromatic rings. The van der Waals surface area contributed by atoms with Crippen LogP contribution < -0.4 is 10.6 Å². The Balaban J connectivity index is 2.13. The molecule has 0 radical (unpaired) electrons. The van der Waals surface area contributed by atoms with Gasteiger partial charge in [-0.05, 0) is 6.92 Å². The number of nitrogens with one attached hydrogen (secondary N) is 2. The molecule has 16 heavy (non-hydrogen) atoms. The number of carboxylic acid groups (broad SMARTS) is 1. The van der Waals surface area contributed by atoms with Gasteiger partial charge in [-0.1, -0.05) is 6.92 Å². The predicted octanol–water partition coefficient (Wildman–Crippen LogP) is -0.798. The van der Waals surface area contributed by atoms with Crippen molar-refractivity contribution in [3.05, 3.63) is 0 Å². The van der Waals surface area contributed by atoms with Crippen molar-refractivity contribution in [1.29, 1.82) is 0 Å². The first kappa shape index (κ1) is 12.9. The van der Waals surface area contributed by atoms with E-state index in [0.717, 1.165) is 13.1 Å². The standard InChI is InChI=1S/C10H18N2O4/c1-7(9(14)15)3-12-8(13)4-16-10(2)5-11-6-10/h7,11H,3-6H2,1-2H3,(H,12,13)(H,14,15). The fraction of sp³-hybridized carbons (Fsp3) is 0.800. The molecule has 1 rings (SSSR count). The highest BCUT2D eigenvalue weighted by Crippen LogP contribution is 2.14. The molecular formula is C10H18N2O4. The molecule has 1 aliphatic rings. The van der Waals surface area contributed by atoms with Gasteiger partial charge in [0.2, 0.25) is 5.91 Å². The zero-order chi connectivity index (χ0) is 12.2. The summed E-state index contributed by atoms with van der Waals surface area (Å²) in [5, 5.41) is 14.2. The summed E-state index contributed by atoms with van der Waals surface area (Å²) in [5.41, 5.74) is -0.254. The molecule has 0 aromatic heterocycles. The quantitative estimate of drug-likeness (QED) is 0.556. The van der Waals surface area contributed by atoms with Crippen LogP contribution >= 0.6 is 0 Å². The molecule has 0 bridgehead atoms. The number of rotatable bonds is 6. The van der Waals surface area contributed by atoms with Gasteiger partial charge in [0.05, 0.1) is 11.5 Å². The Morgan fingerprint density at radius 1 is 1.56 bits per heavy atom. The average Bonchev–Trinajstić information content (AvgIpc) is 2.19. The van der Waals surface area contributed by atoms with Crippen molar-refractivity contribution in [3.8, 4) is 0 Å². The lowest BCUT2D eigenvalue weighted by molar-refractivity contribution is -0.141. The number of aliphatic carboxylic acids is 1. The Hall–Kier alpha value is -1.14. The molecule has 1 amide bonds. The van der Waals surface area contributed by atoms with Gasteiger partial charge in [-0.2, -0.15) is 0 Å². The summed E-state index contributed by atoms with van der Waals surface area (Å²) in [5.74, 6) is -1.78. The summed E-state index contributed by atoms with van der Waals surface area (Å²) in [7, 11) is 0. The highest BCUT2D eigenvalue weighted by molar-refractivity contribution is 5.78. The summed E-state index contributed by atoms with van der Waals surface area (Å²) >= 11 is 0. The van der Waals surface area contributed by atoms with E-state index in [4.69, 9.17) is 9.84 Å². The Bertz CT molecular complexity index is 276. The molecule has 6 nitrogen and oxygen atoms in total. The normalized spacial score (nSPS) is 19.6. The second-order valence-electron chi connectivity index (χ2n) is 4.39. The molecule has 1 unspecified atom stereocenters. The van der Waals surface area contributed by atoms with Gasteiger partial charge >= 0.3 is 5.97 Å². The van der Waals surface area contributed by atoms with E-state index >= 15 is 0 Å². The van der Waals surface area contributed by atoms with Crippen LogP contribution in [0.2, 0.25) is 0 Å². The second-order valence-corrected chi connectivity index (χ2v) is 4.39. The van der Waals surface area contributed by atoms with Crippen LogP contribution in [0.25, 0.3) is 0 Å². The molecule has 3 N–H and O–H groups in total. The minimum Gasteiger partial charge on any atom is -0.481 e. The molecule has 0 saturated carbocycles. The Labute approximate surface area is 94.3 Å². The third kappa shape index (κ3) is 3.79. The van der Waals surface area contributed by atoms with E-state index in [1.54, 1.807) is 6.92 Å². The van der Waals surface area contributed by atoms with Crippen LogP contribution in [0.5, 0.6) is 0 Å². The minimum atomic E-state index is -0.920. The first-order valence-electron chi connectivity index (χ1n) is 5.27. The van der Waals surface area contributed by atoms with Crippen LogP contribution in [0.3, 0.4) is 0 Å². The number of amides is 1. The third-order valence-corrected chi connectivity index (χ3v) is 2.58.